The van der Waals surface area contributed by atoms with Crippen molar-refractivity contribution >= 4 is 28.2 Å². The van der Waals surface area contributed by atoms with E-state index in [4.69, 9.17) is 5.73 Å². The molecule has 0 heterocycles. The van der Waals surface area contributed by atoms with Gasteiger partial charge in [0.15, 0.2) is 9.84 Å². The van der Waals surface area contributed by atoms with Gasteiger partial charge in [-0.05, 0) is 18.6 Å². The summed E-state index contributed by atoms with van der Waals surface area (Å²) in [5, 5.41) is 2.83. The molecule has 0 bridgehead atoms. The Morgan fingerprint density at radius 1 is 1.27 bits per heavy atom. The van der Waals surface area contributed by atoms with E-state index in [1.54, 1.807) is 19.1 Å². The van der Waals surface area contributed by atoms with Gasteiger partial charge in [-0.15, -0.1) is 12.4 Å². The SMILES string of the molecule is CCCCC(CN)NC(=O)c1ccccc1S(=O)(=O)CC.Cl. The maximum absolute atomic E-state index is 12.3. The summed E-state index contributed by atoms with van der Waals surface area (Å²) >= 11 is 0. The van der Waals surface area contributed by atoms with Crippen LogP contribution in [-0.2, 0) is 9.84 Å². The second-order valence-corrected chi connectivity index (χ2v) is 7.19. The van der Waals surface area contributed by atoms with E-state index in [1.807, 2.05) is 0 Å². The number of nitrogens with one attached hydrogen (secondary N) is 1. The molecule has 5 nitrogen and oxygen atoms in total. The molecule has 0 saturated heterocycles. The highest BCUT2D eigenvalue weighted by molar-refractivity contribution is 7.91. The van der Waals surface area contributed by atoms with E-state index >= 15 is 0 Å². The first-order valence-electron chi connectivity index (χ1n) is 7.29. The number of rotatable bonds is 8. The Bertz CT molecular complexity index is 576. The monoisotopic (exact) mass is 348 g/mol. The van der Waals surface area contributed by atoms with E-state index in [2.05, 4.69) is 12.2 Å². The number of carbonyl (C=O) groups excluding carboxylic acids is 1. The summed E-state index contributed by atoms with van der Waals surface area (Å²) in [6.07, 6.45) is 2.78. The summed E-state index contributed by atoms with van der Waals surface area (Å²) in [7, 11) is -3.43. The van der Waals surface area contributed by atoms with Crippen LogP contribution in [0.3, 0.4) is 0 Å². The van der Waals surface area contributed by atoms with Crippen molar-refractivity contribution in [2.75, 3.05) is 12.3 Å². The molecule has 1 aromatic carbocycles. The quantitative estimate of drug-likeness (QED) is 0.753. The molecule has 0 aliphatic carbocycles. The number of sulfone groups is 1. The number of nitrogens with two attached hydrogens (primary N) is 1. The van der Waals surface area contributed by atoms with Crippen LogP contribution >= 0.6 is 12.4 Å². The molecule has 1 unspecified atom stereocenters. The Labute approximate surface area is 139 Å². The van der Waals surface area contributed by atoms with Crippen molar-refractivity contribution in [3.63, 3.8) is 0 Å². The van der Waals surface area contributed by atoms with E-state index < -0.39 is 9.84 Å². The smallest absolute Gasteiger partial charge is 0.252 e. The van der Waals surface area contributed by atoms with Crippen molar-refractivity contribution in [1.29, 1.82) is 0 Å². The third kappa shape index (κ3) is 5.59. The normalized spacial score (nSPS) is 12.3. The lowest BCUT2D eigenvalue weighted by atomic mass is 10.1. The number of amides is 1. The summed E-state index contributed by atoms with van der Waals surface area (Å²) in [5.41, 5.74) is 5.85. The number of carbonyl (C=O) groups is 1. The zero-order valence-corrected chi connectivity index (χ0v) is 14.7. The minimum Gasteiger partial charge on any atom is -0.348 e. The predicted molar refractivity (Wildman–Crippen MR) is 91.3 cm³/mol. The van der Waals surface area contributed by atoms with Crippen LogP contribution in [0.25, 0.3) is 0 Å². The van der Waals surface area contributed by atoms with E-state index in [0.29, 0.717) is 6.54 Å². The van der Waals surface area contributed by atoms with Gasteiger partial charge in [-0.25, -0.2) is 8.42 Å². The molecule has 1 aromatic rings. The van der Waals surface area contributed by atoms with Gasteiger partial charge in [0.05, 0.1) is 16.2 Å². The van der Waals surface area contributed by atoms with Crippen LogP contribution in [0.15, 0.2) is 29.2 Å². The Balaban J connectivity index is 0.00000441. The van der Waals surface area contributed by atoms with Crippen LogP contribution in [0.4, 0.5) is 0 Å². The van der Waals surface area contributed by atoms with Crippen molar-refractivity contribution in [2.24, 2.45) is 5.73 Å². The average Bonchev–Trinajstić information content (AvgIpc) is 2.51. The molecule has 0 radical (unpaired) electrons. The number of hydrogen-bond donors (Lipinski definition) is 2. The van der Waals surface area contributed by atoms with Gasteiger partial charge in [0.25, 0.3) is 5.91 Å². The first-order chi connectivity index (χ1) is 9.96. The minimum atomic E-state index is -3.43. The summed E-state index contributed by atoms with van der Waals surface area (Å²) in [5.74, 6) is -0.415. The largest absolute Gasteiger partial charge is 0.348 e. The van der Waals surface area contributed by atoms with Crippen LogP contribution in [0.1, 0.15) is 43.5 Å². The molecule has 1 atom stereocenters. The number of unbranched alkanes of at least 4 members (excludes halogenated alkanes) is 1. The lowest BCUT2D eigenvalue weighted by molar-refractivity contribution is 0.0932. The molecule has 0 fully saturated rings. The molecule has 22 heavy (non-hydrogen) atoms. The van der Waals surface area contributed by atoms with E-state index in [9.17, 15) is 13.2 Å². The fourth-order valence-corrected chi connectivity index (χ4v) is 3.14. The standard InChI is InChI=1S/C15H24N2O3S.ClH/c1-3-5-8-12(11-16)17-15(18)13-9-6-7-10-14(13)21(19,20)4-2;/h6-7,9-10,12H,3-5,8,11,16H2,1-2H3,(H,17,18);1H. The van der Waals surface area contributed by atoms with E-state index in [0.717, 1.165) is 19.3 Å². The highest BCUT2D eigenvalue weighted by Crippen LogP contribution is 2.17. The topological polar surface area (TPSA) is 89.3 Å². The van der Waals surface area contributed by atoms with Crippen LogP contribution in [0, 0.1) is 0 Å². The number of hydrogen-bond acceptors (Lipinski definition) is 4. The average molecular weight is 349 g/mol. The molecule has 0 saturated carbocycles. The molecule has 3 N–H and O–H groups in total. The third-order valence-corrected chi connectivity index (χ3v) is 5.16. The van der Waals surface area contributed by atoms with Crippen LogP contribution < -0.4 is 11.1 Å². The van der Waals surface area contributed by atoms with Crippen molar-refractivity contribution in [1.82, 2.24) is 5.32 Å². The van der Waals surface area contributed by atoms with Gasteiger partial charge >= 0.3 is 0 Å². The molecular weight excluding hydrogens is 324 g/mol. The maximum atomic E-state index is 12.3. The van der Waals surface area contributed by atoms with Crippen LogP contribution in [-0.4, -0.2) is 32.7 Å². The summed E-state index contributed by atoms with van der Waals surface area (Å²) in [6.45, 7) is 3.97. The summed E-state index contributed by atoms with van der Waals surface area (Å²) < 4.78 is 24.1. The molecule has 126 valence electrons. The highest BCUT2D eigenvalue weighted by Gasteiger charge is 2.21. The molecule has 1 amide bonds. The molecular formula is C15H25ClN2O3S. The second-order valence-electron chi connectivity index (χ2n) is 4.95. The lowest BCUT2D eigenvalue weighted by Crippen LogP contribution is -2.40. The lowest BCUT2D eigenvalue weighted by Gasteiger charge is -2.17. The number of halogens is 1. The number of benzene rings is 1. The Kier molecular flexibility index (Phi) is 9.32. The molecule has 1 rings (SSSR count). The van der Waals surface area contributed by atoms with Crippen molar-refractivity contribution < 1.29 is 13.2 Å². The van der Waals surface area contributed by atoms with Crippen molar-refractivity contribution in [3.8, 4) is 0 Å². The van der Waals surface area contributed by atoms with Gasteiger partial charge in [-0.3, -0.25) is 4.79 Å². The van der Waals surface area contributed by atoms with E-state index in [-0.39, 0.29) is 40.6 Å². The molecule has 0 aliphatic rings. The van der Waals surface area contributed by atoms with Crippen LogP contribution in [0.5, 0.6) is 0 Å². The van der Waals surface area contributed by atoms with Gasteiger partial charge in [0.2, 0.25) is 0 Å². The Morgan fingerprint density at radius 3 is 2.45 bits per heavy atom. The van der Waals surface area contributed by atoms with Gasteiger partial charge < -0.3 is 11.1 Å². The highest BCUT2D eigenvalue weighted by atomic mass is 35.5. The molecule has 0 aromatic heterocycles. The second kappa shape index (κ2) is 9.82. The Morgan fingerprint density at radius 2 is 1.91 bits per heavy atom. The van der Waals surface area contributed by atoms with Gasteiger partial charge in [-0.1, -0.05) is 38.8 Å². The molecule has 0 aliphatic heterocycles. The predicted octanol–water partition coefficient (Wildman–Crippen LogP) is 2.15. The molecule has 7 heteroatoms. The fraction of sp³-hybridized carbons (Fsp3) is 0.533. The third-order valence-electron chi connectivity index (χ3n) is 3.37. The van der Waals surface area contributed by atoms with Gasteiger partial charge in [-0.2, -0.15) is 0 Å². The zero-order chi connectivity index (χ0) is 15.9. The van der Waals surface area contributed by atoms with Crippen LogP contribution in [0.2, 0.25) is 0 Å². The minimum absolute atomic E-state index is 0. The first kappa shape index (κ1) is 20.9. The fourth-order valence-electron chi connectivity index (χ4n) is 2.04. The molecule has 0 spiro atoms. The first-order valence-corrected chi connectivity index (χ1v) is 8.94. The van der Waals surface area contributed by atoms with Gasteiger partial charge in [0.1, 0.15) is 0 Å². The Hall–Kier alpha value is -1.11. The van der Waals surface area contributed by atoms with Crippen molar-refractivity contribution in [2.45, 2.75) is 44.0 Å². The van der Waals surface area contributed by atoms with E-state index in [1.165, 1.54) is 12.1 Å². The summed E-state index contributed by atoms with van der Waals surface area (Å²) in [6, 6.07) is 6.15. The maximum Gasteiger partial charge on any atom is 0.252 e. The zero-order valence-electron chi connectivity index (χ0n) is 13.0. The van der Waals surface area contributed by atoms with Gasteiger partial charge in [0, 0.05) is 12.6 Å². The van der Waals surface area contributed by atoms with Crippen molar-refractivity contribution in [3.05, 3.63) is 29.8 Å². The summed E-state index contributed by atoms with van der Waals surface area (Å²) in [4.78, 5) is 12.4.